The number of hydrogen-bond donors (Lipinski definition) is 2. The van der Waals surface area contributed by atoms with Gasteiger partial charge >= 0.3 is 0 Å². The van der Waals surface area contributed by atoms with Gasteiger partial charge in [-0.2, -0.15) is 0 Å². The number of nitrogens with one attached hydrogen (secondary N) is 2. The number of halogens is 1. The molecule has 0 saturated heterocycles. The van der Waals surface area contributed by atoms with Crippen molar-refractivity contribution in [2.24, 2.45) is 0 Å². The molecule has 0 aliphatic rings. The molecule has 3 rings (SSSR count). The molecule has 2 amide bonds. The molecule has 0 unspecified atom stereocenters. The summed E-state index contributed by atoms with van der Waals surface area (Å²) in [5.41, 5.74) is 0.976. The number of methoxy groups -OCH3 is 2. The van der Waals surface area contributed by atoms with E-state index in [0.717, 1.165) is 0 Å². The molecule has 3 aromatic rings. The maximum atomic E-state index is 12.7. The number of benzene rings is 2. The fraction of sp³-hybridized carbons (Fsp3) is 0.250. The van der Waals surface area contributed by atoms with E-state index in [0.29, 0.717) is 45.3 Å². The number of amides is 2. The first-order valence-corrected chi connectivity index (χ1v) is 12.0. The van der Waals surface area contributed by atoms with Gasteiger partial charge in [0.1, 0.15) is 11.5 Å². The Morgan fingerprint density at radius 1 is 1.17 bits per heavy atom. The fourth-order valence-corrected chi connectivity index (χ4v) is 4.14. The molecule has 0 aliphatic heterocycles. The van der Waals surface area contributed by atoms with Gasteiger partial charge in [0.05, 0.1) is 31.7 Å². The van der Waals surface area contributed by atoms with Crippen molar-refractivity contribution < 1.29 is 19.1 Å². The van der Waals surface area contributed by atoms with Crippen LogP contribution in [0.2, 0.25) is 5.02 Å². The molecule has 0 saturated carbocycles. The van der Waals surface area contributed by atoms with Crippen molar-refractivity contribution in [3.8, 4) is 11.5 Å². The number of aromatic nitrogens is 3. The number of carbonyl (C=O) groups is 2. The van der Waals surface area contributed by atoms with Crippen molar-refractivity contribution >= 4 is 40.9 Å². The predicted molar refractivity (Wildman–Crippen MR) is 136 cm³/mol. The molecule has 1 heterocycles. The van der Waals surface area contributed by atoms with Crippen LogP contribution >= 0.6 is 23.4 Å². The summed E-state index contributed by atoms with van der Waals surface area (Å²) in [6.07, 6.45) is 1.70. The highest BCUT2D eigenvalue weighted by Gasteiger charge is 2.21. The minimum atomic E-state index is -0.434. The highest BCUT2D eigenvalue weighted by molar-refractivity contribution is 7.99. The molecule has 2 N–H and O–H groups in total. The molecule has 0 bridgehead atoms. The highest BCUT2D eigenvalue weighted by Crippen LogP contribution is 2.28. The third kappa shape index (κ3) is 6.77. The number of nitrogens with zero attached hydrogens (tertiary/aromatic N) is 3. The average Bonchev–Trinajstić information content (AvgIpc) is 3.25. The summed E-state index contributed by atoms with van der Waals surface area (Å²) in [4.78, 5) is 25.2. The first kappa shape index (κ1) is 26.1. The van der Waals surface area contributed by atoms with Crippen molar-refractivity contribution in [3.05, 3.63) is 71.5 Å². The van der Waals surface area contributed by atoms with Crippen LogP contribution in [0.3, 0.4) is 0 Å². The Morgan fingerprint density at radius 2 is 1.91 bits per heavy atom. The Hall–Kier alpha value is -3.50. The van der Waals surface area contributed by atoms with Crippen LogP contribution < -0.4 is 20.1 Å². The molecule has 0 fully saturated rings. The summed E-state index contributed by atoms with van der Waals surface area (Å²) in [5, 5.41) is 15.2. The van der Waals surface area contributed by atoms with E-state index in [-0.39, 0.29) is 17.6 Å². The standard InChI is InChI=1S/C24H26ClN5O4S/c1-5-12-30-22(15(2)26-23(32)16-6-9-18(33-3)10-7-16)28-29-24(30)35-14-21(31)27-19-13-17(25)8-11-20(19)34-4/h5-11,13,15H,1,12,14H2,2-4H3,(H,26,32)(H,27,31)/t15-/m0/s1. The van der Waals surface area contributed by atoms with Gasteiger partial charge in [0, 0.05) is 17.1 Å². The summed E-state index contributed by atoms with van der Waals surface area (Å²) < 4.78 is 12.2. The lowest BCUT2D eigenvalue weighted by Crippen LogP contribution is -2.28. The number of rotatable bonds is 11. The molecule has 1 atom stereocenters. The van der Waals surface area contributed by atoms with Gasteiger partial charge in [-0.15, -0.1) is 16.8 Å². The van der Waals surface area contributed by atoms with Crippen molar-refractivity contribution in [1.29, 1.82) is 0 Å². The summed E-state index contributed by atoms with van der Waals surface area (Å²) in [7, 11) is 3.08. The van der Waals surface area contributed by atoms with Gasteiger partial charge in [-0.1, -0.05) is 29.4 Å². The minimum Gasteiger partial charge on any atom is -0.497 e. The molecule has 0 aliphatic carbocycles. The Bertz CT molecular complexity index is 1200. The summed E-state index contributed by atoms with van der Waals surface area (Å²) >= 11 is 7.25. The van der Waals surface area contributed by atoms with E-state index in [2.05, 4.69) is 27.4 Å². The van der Waals surface area contributed by atoms with E-state index >= 15 is 0 Å². The SMILES string of the molecule is C=CCn1c(SCC(=O)Nc2cc(Cl)ccc2OC)nnc1[C@H](C)NC(=O)c1ccc(OC)cc1. The Kier molecular flexibility index (Phi) is 9.16. The number of carbonyl (C=O) groups excluding carboxylic acids is 2. The lowest BCUT2D eigenvalue weighted by Gasteiger charge is -2.15. The Labute approximate surface area is 212 Å². The van der Waals surface area contributed by atoms with Crippen LogP contribution in [0.1, 0.15) is 29.1 Å². The molecular formula is C24H26ClN5O4S. The summed E-state index contributed by atoms with van der Waals surface area (Å²) in [6.45, 7) is 6.02. The van der Waals surface area contributed by atoms with Crippen LogP contribution in [-0.4, -0.2) is 46.6 Å². The average molecular weight is 516 g/mol. The van der Waals surface area contributed by atoms with Crippen LogP contribution in [0.25, 0.3) is 0 Å². The molecule has 11 heteroatoms. The fourth-order valence-electron chi connectivity index (χ4n) is 3.21. The van der Waals surface area contributed by atoms with E-state index in [9.17, 15) is 9.59 Å². The maximum Gasteiger partial charge on any atom is 0.251 e. The molecule has 9 nitrogen and oxygen atoms in total. The van der Waals surface area contributed by atoms with Crippen LogP contribution in [0, 0.1) is 0 Å². The molecular weight excluding hydrogens is 490 g/mol. The summed E-state index contributed by atoms with van der Waals surface area (Å²) in [6, 6.07) is 11.4. The van der Waals surface area contributed by atoms with Gasteiger partial charge in [0.2, 0.25) is 5.91 Å². The molecule has 1 aromatic heterocycles. The zero-order valence-corrected chi connectivity index (χ0v) is 21.2. The number of hydrogen-bond acceptors (Lipinski definition) is 7. The number of ether oxygens (including phenoxy) is 2. The van der Waals surface area contributed by atoms with Crippen molar-refractivity contribution in [2.45, 2.75) is 24.7 Å². The molecule has 184 valence electrons. The molecule has 0 radical (unpaired) electrons. The van der Waals surface area contributed by atoms with Gasteiger partial charge in [-0.25, -0.2) is 0 Å². The predicted octanol–water partition coefficient (Wildman–Crippen LogP) is 4.36. The minimum absolute atomic E-state index is 0.0809. The van der Waals surface area contributed by atoms with Crippen LogP contribution in [0.5, 0.6) is 11.5 Å². The van der Waals surface area contributed by atoms with Crippen molar-refractivity contribution in [1.82, 2.24) is 20.1 Å². The number of allylic oxidation sites excluding steroid dienone is 1. The molecule has 35 heavy (non-hydrogen) atoms. The zero-order valence-electron chi connectivity index (χ0n) is 19.6. The quantitative estimate of drug-likeness (QED) is 0.288. The van der Waals surface area contributed by atoms with Gasteiger partial charge < -0.3 is 24.7 Å². The first-order chi connectivity index (χ1) is 16.9. The van der Waals surface area contributed by atoms with E-state index in [4.69, 9.17) is 21.1 Å². The van der Waals surface area contributed by atoms with Crippen LogP contribution in [0.15, 0.2) is 60.3 Å². The number of thioether (sulfide) groups is 1. The van der Waals surface area contributed by atoms with E-state index in [1.165, 1.54) is 18.9 Å². The van der Waals surface area contributed by atoms with E-state index in [1.54, 1.807) is 55.7 Å². The third-order valence-corrected chi connectivity index (χ3v) is 6.11. The zero-order chi connectivity index (χ0) is 25.4. The Morgan fingerprint density at radius 3 is 2.57 bits per heavy atom. The van der Waals surface area contributed by atoms with Gasteiger partial charge in [-0.3, -0.25) is 9.59 Å². The van der Waals surface area contributed by atoms with E-state index in [1.807, 2.05) is 11.5 Å². The Balaban J connectivity index is 1.67. The first-order valence-electron chi connectivity index (χ1n) is 10.6. The molecule has 2 aromatic carbocycles. The largest absolute Gasteiger partial charge is 0.497 e. The van der Waals surface area contributed by atoms with Crippen molar-refractivity contribution in [2.75, 3.05) is 25.3 Å². The smallest absolute Gasteiger partial charge is 0.251 e. The lowest BCUT2D eigenvalue weighted by molar-refractivity contribution is -0.113. The maximum absolute atomic E-state index is 12.7. The van der Waals surface area contributed by atoms with Gasteiger partial charge in [0.15, 0.2) is 11.0 Å². The highest BCUT2D eigenvalue weighted by atomic mass is 35.5. The van der Waals surface area contributed by atoms with Gasteiger partial charge in [0.25, 0.3) is 5.91 Å². The monoisotopic (exact) mass is 515 g/mol. The van der Waals surface area contributed by atoms with Gasteiger partial charge in [-0.05, 0) is 49.4 Å². The second kappa shape index (κ2) is 12.3. The van der Waals surface area contributed by atoms with Crippen molar-refractivity contribution in [3.63, 3.8) is 0 Å². The topological polar surface area (TPSA) is 107 Å². The number of anilines is 1. The summed E-state index contributed by atoms with van der Waals surface area (Å²) in [5.74, 6) is 1.29. The second-order valence-corrected chi connectivity index (χ2v) is 8.72. The third-order valence-electron chi connectivity index (χ3n) is 4.91. The van der Waals surface area contributed by atoms with Crippen LogP contribution in [-0.2, 0) is 11.3 Å². The van der Waals surface area contributed by atoms with E-state index < -0.39 is 6.04 Å². The van der Waals surface area contributed by atoms with Crippen LogP contribution in [0.4, 0.5) is 5.69 Å². The lowest BCUT2D eigenvalue weighted by atomic mass is 10.2. The normalized spacial score (nSPS) is 11.4. The second-order valence-electron chi connectivity index (χ2n) is 7.35. The molecule has 0 spiro atoms.